The van der Waals surface area contributed by atoms with Gasteiger partial charge in [-0.15, -0.1) is 11.3 Å². The Morgan fingerprint density at radius 1 is 1.12 bits per heavy atom. The molecule has 0 radical (unpaired) electrons. The van der Waals surface area contributed by atoms with Gasteiger partial charge in [0.05, 0.1) is 18.8 Å². The third-order valence-corrected chi connectivity index (χ3v) is 7.87. The lowest BCUT2D eigenvalue weighted by Crippen LogP contribution is -2.49. The molecule has 3 rings (SSSR count). The van der Waals surface area contributed by atoms with E-state index in [-0.39, 0.29) is 24.6 Å². The van der Waals surface area contributed by atoms with Gasteiger partial charge in [-0.3, -0.25) is 10.0 Å². The van der Waals surface area contributed by atoms with Crippen molar-refractivity contribution in [3.05, 3.63) is 58.9 Å². The van der Waals surface area contributed by atoms with Crippen molar-refractivity contribution < 1.29 is 22.8 Å². The summed E-state index contributed by atoms with van der Waals surface area (Å²) in [5.41, 5.74) is 2.27. The average Bonchev–Trinajstić information content (AvgIpc) is 3.37. The lowest BCUT2D eigenvalue weighted by atomic mass is 10.0. The van der Waals surface area contributed by atoms with E-state index < -0.39 is 22.0 Å². The molecule has 3 aromatic rings. The second-order valence-corrected chi connectivity index (χ2v) is 11.7. The summed E-state index contributed by atoms with van der Waals surface area (Å²) in [7, 11) is -0.124. The van der Waals surface area contributed by atoms with Crippen molar-refractivity contribution in [1.82, 2.24) is 14.7 Å². The number of rotatable bonds is 11. The maximum absolute atomic E-state index is 13.6. The van der Waals surface area contributed by atoms with Crippen molar-refractivity contribution in [2.24, 2.45) is 5.92 Å². The normalized spacial score (nSPS) is 13.3. The molecule has 0 saturated carbocycles. The van der Waals surface area contributed by atoms with Gasteiger partial charge < -0.3 is 9.32 Å². The molecule has 0 saturated heterocycles. The fraction of sp³-hybridized carbons (Fsp3) is 0.435. The van der Waals surface area contributed by atoms with Gasteiger partial charge in [0.2, 0.25) is 10.0 Å². The number of hydrogen-bond donors (Lipinski definition) is 2. The third kappa shape index (κ3) is 6.64. The Balaban J connectivity index is 1.95. The summed E-state index contributed by atoms with van der Waals surface area (Å²) in [6, 6.07) is 9.95. The van der Waals surface area contributed by atoms with E-state index in [1.807, 2.05) is 56.4 Å². The molecular formula is C23H31N3O5S2. The van der Waals surface area contributed by atoms with E-state index in [1.54, 1.807) is 35.0 Å². The topological polar surface area (TPSA) is 103 Å². The van der Waals surface area contributed by atoms with Gasteiger partial charge in [0.1, 0.15) is 17.6 Å². The number of hydroxylamine groups is 1. The summed E-state index contributed by atoms with van der Waals surface area (Å²) in [6.07, 6.45) is 0.250. The van der Waals surface area contributed by atoms with E-state index in [9.17, 15) is 18.4 Å². The number of amides is 1. The summed E-state index contributed by atoms with van der Waals surface area (Å²) < 4.78 is 35.3. The highest BCUT2D eigenvalue weighted by Crippen LogP contribution is 2.26. The summed E-state index contributed by atoms with van der Waals surface area (Å²) in [5, 5.41) is 12.3. The van der Waals surface area contributed by atoms with Gasteiger partial charge in [-0.1, -0.05) is 19.9 Å². The average molecular weight is 494 g/mol. The molecule has 2 N–H and O–H groups in total. The van der Waals surface area contributed by atoms with Crippen LogP contribution in [0.25, 0.3) is 10.1 Å². The maximum atomic E-state index is 13.6. The number of furan rings is 1. The number of thiophene rings is 1. The van der Waals surface area contributed by atoms with Crippen LogP contribution < -0.4 is 5.48 Å². The van der Waals surface area contributed by atoms with Gasteiger partial charge in [-0.25, -0.2) is 13.9 Å². The van der Waals surface area contributed by atoms with E-state index in [4.69, 9.17) is 4.42 Å². The molecule has 10 heteroatoms. The summed E-state index contributed by atoms with van der Waals surface area (Å²) in [4.78, 5) is 14.5. The molecule has 33 heavy (non-hydrogen) atoms. The number of carbonyl (C=O) groups is 1. The molecule has 180 valence electrons. The van der Waals surface area contributed by atoms with E-state index in [2.05, 4.69) is 0 Å². The zero-order valence-corrected chi connectivity index (χ0v) is 20.9. The second-order valence-electron chi connectivity index (χ2n) is 8.82. The predicted molar refractivity (Wildman–Crippen MR) is 129 cm³/mol. The molecule has 0 aliphatic rings. The Morgan fingerprint density at radius 3 is 2.45 bits per heavy atom. The zero-order chi connectivity index (χ0) is 24.2. The van der Waals surface area contributed by atoms with Gasteiger partial charge >= 0.3 is 0 Å². The van der Waals surface area contributed by atoms with Gasteiger partial charge in [0.15, 0.2) is 0 Å². The Hall–Kier alpha value is -2.24. The summed E-state index contributed by atoms with van der Waals surface area (Å²) in [5.74, 6) is 0.122. The van der Waals surface area contributed by atoms with Gasteiger partial charge in [0.25, 0.3) is 5.91 Å². The molecule has 0 spiro atoms. The molecule has 1 unspecified atom stereocenters. The van der Waals surface area contributed by atoms with E-state index in [0.717, 1.165) is 14.4 Å². The minimum atomic E-state index is -3.94. The van der Waals surface area contributed by atoms with Crippen molar-refractivity contribution in [1.29, 1.82) is 0 Å². The molecule has 0 aliphatic carbocycles. The molecule has 0 fully saturated rings. The van der Waals surface area contributed by atoms with Crippen LogP contribution in [0.4, 0.5) is 0 Å². The number of fused-ring (bicyclic) bond motifs is 1. The molecule has 1 amide bonds. The fourth-order valence-corrected chi connectivity index (χ4v) is 6.17. The van der Waals surface area contributed by atoms with E-state index in [1.165, 1.54) is 0 Å². The van der Waals surface area contributed by atoms with Crippen molar-refractivity contribution in [3.8, 4) is 0 Å². The number of benzene rings is 1. The SMILES string of the molecule is CC(C)CC(C(=O)NO)N(Cc1ccc(CN(C)C)o1)S(=O)(=O)Cc1ccc2sccc2c1. The molecule has 0 aliphatic heterocycles. The first-order valence-electron chi connectivity index (χ1n) is 10.7. The van der Waals surface area contributed by atoms with Crippen molar-refractivity contribution in [2.45, 2.75) is 45.2 Å². The number of carbonyl (C=O) groups excluding carboxylic acids is 1. The molecule has 2 heterocycles. The van der Waals surface area contributed by atoms with Crippen LogP contribution in [-0.4, -0.2) is 48.9 Å². The van der Waals surface area contributed by atoms with Crippen LogP contribution in [0.5, 0.6) is 0 Å². The van der Waals surface area contributed by atoms with Crippen LogP contribution in [0.2, 0.25) is 0 Å². The number of sulfonamides is 1. The second kappa shape index (κ2) is 10.8. The van der Waals surface area contributed by atoms with Crippen LogP contribution >= 0.6 is 11.3 Å². The van der Waals surface area contributed by atoms with Crippen LogP contribution in [-0.2, 0) is 33.7 Å². The molecule has 1 aromatic carbocycles. The lowest BCUT2D eigenvalue weighted by Gasteiger charge is -2.30. The zero-order valence-electron chi connectivity index (χ0n) is 19.3. The van der Waals surface area contributed by atoms with Crippen molar-refractivity contribution >= 4 is 37.4 Å². The Labute approximate surface area is 198 Å². The first-order chi connectivity index (χ1) is 15.6. The number of hydrogen-bond acceptors (Lipinski definition) is 7. The van der Waals surface area contributed by atoms with Crippen LogP contribution in [0, 0.1) is 5.92 Å². The summed E-state index contributed by atoms with van der Waals surface area (Å²) in [6.45, 7) is 4.26. The Kier molecular flexibility index (Phi) is 8.30. The third-order valence-electron chi connectivity index (χ3n) is 5.18. The number of nitrogens with zero attached hydrogens (tertiary/aromatic N) is 2. The molecule has 2 aromatic heterocycles. The monoisotopic (exact) mass is 493 g/mol. The minimum Gasteiger partial charge on any atom is -0.463 e. The molecule has 8 nitrogen and oxygen atoms in total. The van der Waals surface area contributed by atoms with Crippen LogP contribution in [0.1, 0.15) is 37.4 Å². The fourth-order valence-electron chi connectivity index (χ4n) is 3.74. The largest absolute Gasteiger partial charge is 0.463 e. The highest BCUT2D eigenvalue weighted by atomic mass is 32.2. The smallest absolute Gasteiger partial charge is 0.261 e. The Morgan fingerprint density at radius 2 is 1.82 bits per heavy atom. The molecule has 1 atom stereocenters. The first-order valence-corrected chi connectivity index (χ1v) is 13.2. The first kappa shape index (κ1) is 25.4. The lowest BCUT2D eigenvalue weighted by molar-refractivity contribution is -0.133. The van der Waals surface area contributed by atoms with Crippen molar-refractivity contribution in [2.75, 3.05) is 14.1 Å². The highest BCUT2D eigenvalue weighted by Gasteiger charge is 2.36. The molecule has 0 bridgehead atoms. The maximum Gasteiger partial charge on any atom is 0.261 e. The van der Waals surface area contributed by atoms with Gasteiger partial charge in [-0.2, -0.15) is 4.31 Å². The quantitative estimate of drug-likeness (QED) is 0.311. The molecular weight excluding hydrogens is 462 g/mol. The standard InChI is InChI=1S/C23H31N3O5S2/c1-16(2)11-21(23(27)24-28)26(14-20-7-6-19(31-20)13-25(3)4)33(29,30)15-17-5-8-22-18(12-17)9-10-32-22/h5-10,12,16,21,28H,11,13-15H2,1-4H3,(H,24,27). The van der Waals surface area contributed by atoms with Gasteiger partial charge in [0, 0.05) is 4.70 Å². The van der Waals surface area contributed by atoms with Gasteiger partial charge in [-0.05, 0) is 73.1 Å². The predicted octanol–water partition coefficient (Wildman–Crippen LogP) is 3.81. The Bertz CT molecular complexity index is 1180. The highest BCUT2D eigenvalue weighted by molar-refractivity contribution is 7.88. The summed E-state index contributed by atoms with van der Waals surface area (Å²) >= 11 is 1.59. The van der Waals surface area contributed by atoms with Crippen molar-refractivity contribution in [3.63, 3.8) is 0 Å². The van der Waals surface area contributed by atoms with E-state index >= 15 is 0 Å². The minimum absolute atomic E-state index is 0.0214. The van der Waals surface area contributed by atoms with E-state index in [0.29, 0.717) is 23.6 Å². The van der Waals surface area contributed by atoms with Crippen LogP contribution in [0.15, 0.2) is 46.2 Å². The van der Waals surface area contributed by atoms with Crippen LogP contribution in [0.3, 0.4) is 0 Å². The number of nitrogens with one attached hydrogen (secondary N) is 1.